The first-order valence-corrected chi connectivity index (χ1v) is 9.16. The average Bonchev–Trinajstić information content (AvgIpc) is 3.17. The Balaban J connectivity index is 1.74. The van der Waals surface area contributed by atoms with Crippen molar-refractivity contribution < 1.29 is 9.47 Å². The number of ether oxygens (including phenoxy) is 2. The van der Waals surface area contributed by atoms with Crippen LogP contribution in [0, 0.1) is 6.92 Å². The summed E-state index contributed by atoms with van der Waals surface area (Å²) in [6, 6.07) is 0. The molecule has 2 rings (SSSR count). The molecule has 0 aromatic carbocycles. The van der Waals surface area contributed by atoms with Crippen molar-refractivity contribution in [1.82, 2.24) is 15.2 Å². The minimum Gasteiger partial charge on any atom is -0.377 e. The third kappa shape index (κ3) is 6.45. The van der Waals surface area contributed by atoms with Gasteiger partial charge in [-0.1, -0.05) is 0 Å². The van der Waals surface area contributed by atoms with Crippen LogP contribution < -0.4 is 5.32 Å². The van der Waals surface area contributed by atoms with Crippen LogP contribution in [-0.2, 0) is 16.0 Å². The number of hydrogen-bond donors (Lipinski definition) is 1. The van der Waals surface area contributed by atoms with Gasteiger partial charge >= 0.3 is 0 Å². The van der Waals surface area contributed by atoms with E-state index in [1.54, 1.807) is 11.3 Å². The predicted octanol–water partition coefficient (Wildman–Crippen LogP) is 2.04. The number of guanidine groups is 1. The molecule has 1 saturated heterocycles. The van der Waals surface area contributed by atoms with E-state index in [-0.39, 0.29) is 6.10 Å². The van der Waals surface area contributed by atoms with Crippen LogP contribution >= 0.6 is 11.3 Å². The molecule has 7 heteroatoms. The van der Waals surface area contributed by atoms with Crippen molar-refractivity contribution >= 4 is 17.3 Å². The summed E-state index contributed by atoms with van der Waals surface area (Å²) in [6.45, 7) is 8.53. The lowest BCUT2D eigenvalue weighted by atomic mass is 10.2. The molecule has 0 aliphatic carbocycles. The van der Waals surface area contributed by atoms with E-state index in [1.165, 1.54) is 0 Å². The second-order valence-electron chi connectivity index (χ2n) is 5.66. The Morgan fingerprint density at radius 1 is 1.61 bits per heavy atom. The number of nitrogens with one attached hydrogen (secondary N) is 1. The molecule has 130 valence electrons. The van der Waals surface area contributed by atoms with Gasteiger partial charge in [0.25, 0.3) is 0 Å². The van der Waals surface area contributed by atoms with Crippen LogP contribution in [-0.4, -0.2) is 61.9 Å². The second-order valence-corrected chi connectivity index (χ2v) is 6.72. The molecular formula is C16H28N4O2S. The van der Waals surface area contributed by atoms with Crippen LogP contribution in [0.4, 0.5) is 0 Å². The highest BCUT2D eigenvalue weighted by Gasteiger charge is 2.15. The topological polar surface area (TPSA) is 59.0 Å². The Morgan fingerprint density at radius 3 is 3.13 bits per heavy atom. The molecule has 1 atom stereocenters. The molecule has 0 spiro atoms. The summed E-state index contributed by atoms with van der Waals surface area (Å²) < 4.78 is 11.2. The van der Waals surface area contributed by atoms with Crippen LogP contribution in [0.3, 0.4) is 0 Å². The summed E-state index contributed by atoms with van der Waals surface area (Å²) >= 11 is 1.68. The summed E-state index contributed by atoms with van der Waals surface area (Å²) in [5, 5.41) is 6.51. The first-order valence-electron chi connectivity index (χ1n) is 8.29. The molecule has 1 aromatic rings. The molecule has 6 nitrogen and oxygen atoms in total. The van der Waals surface area contributed by atoms with E-state index < -0.39 is 0 Å². The zero-order chi connectivity index (χ0) is 16.5. The van der Waals surface area contributed by atoms with Crippen LogP contribution in [0.5, 0.6) is 0 Å². The molecule has 1 aliphatic heterocycles. The van der Waals surface area contributed by atoms with Gasteiger partial charge in [0.05, 0.1) is 43.1 Å². The molecule has 0 amide bonds. The van der Waals surface area contributed by atoms with Crippen molar-refractivity contribution in [1.29, 1.82) is 0 Å². The lowest BCUT2D eigenvalue weighted by Gasteiger charge is -2.21. The zero-order valence-electron chi connectivity index (χ0n) is 14.4. The molecule has 1 unspecified atom stereocenters. The highest BCUT2D eigenvalue weighted by atomic mass is 32.1. The Kier molecular flexibility index (Phi) is 7.78. The Hall–Kier alpha value is -1.18. The van der Waals surface area contributed by atoms with E-state index in [4.69, 9.17) is 9.47 Å². The number of rotatable bonds is 8. The summed E-state index contributed by atoms with van der Waals surface area (Å²) in [7, 11) is 2.03. The largest absolute Gasteiger partial charge is 0.377 e. The molecule has 0 saturated carbocycles. The molecule has 2 heterocycles. The molecule has 1 aliphatic rings. The van der Waals surface area contributed by atoms with Gasteiger partial charge in [-0.2, -0.15) is 0 Å². The predicted molar refractivity (Wildman–Crippen MR) is 94.1 cm³/mol. The molecular weight excluding hydrogens is 312 g/mol. The van der Waals surface area contributed by atoms with E-state index in [1.807, 2.05) is 14.0 Å². The maximum Gasteiger partial charge on any atom is 0.194 e. The fourth-order valence-electron chi connectivity index (χ4n) is 2.48. The summed E-state index contributed by atoms with van der Waals surface area (Å²) in [6.07, 6.45) is 2.54. The minimum absolute atomic E-state index is 0.280. The Morgan fingerprint density at radius 2 is 2.48 bits per heavy atom. The summed E-state index contributed by atoms with van der Waals surface area (Å²) in [4.78, 5) is 11.2. The van der Waals surface area contributed by atoms with Gasteiger partial charge in [-0.25, -0.2) is 4.98 Å². The van der Waals surface area contributed by atoms with Gasteiger partial charge in [-0.15, -0.1) is 11.3 Å². The molecule has 1 aromatic heterocycles. The maximum atomic E-state index is 5.66. The molecule has 0 bridgehead atoms. The first-order chi connectivity index (χ1) is 11.2. The number of aliphatic imine (C=N–C) groups is 1. The van der Waals surface area contributed by atoms with Crippen molar-refractivity contribution in [2.75, 3.05) is 40.0 Å². The van der Waals surface area contributed by atoms with Crippen molar-refractivity contribution in [3.8, 4) is 0 Å². The third-order valence-corrected chi connectivity index (χ3v) is 4.41. The average molecular weight is 340 g/mol. The smallest absolute Gasteiger partial charge is 0.194 e. The zero-order valence-corrected chi connectivity index (χ0v) is 15.2. The fourth-order valence-corrected chi connectivity index (χ4v) is 3.08. The van der Waals surface area contributed by atoms with Crippen molar-refractivity contribution in [2.45, 2.75) is 39.3 Å². The standard InChI is InChI=1S/C16H28N4O2S/c1-4-17-16(20(3)10-14-12-23-13(2)19-14)18-7-9-21-11-15-6-5-8-22-15/h12,15H,4-11H2,1-3H3,(H,17,18). The van der Waals surface area contributed by atoms with Crippen LogP contribution in [0.1, 0.15) is 30.5 Å². The SMILES string of the molecule is CCNC(=NCCOCC1CCCO1)N(C)Cc1csc(C)n1. The van der Waals surface area contributed by atoms with Crippen molar-refractivity contribution in [3.05, 3.63) is 16.1 Å². The van der Waals surface area contributed by atoms with E-state index in [2.05, 4.69) is 32.5 Å². The van der Waals surface area contributed by atoms with Crippen LogP contribution in [0.15, 0.2) is 10.4 Å². The monoisotopic (exact) mass is 340 g/mol. The van der Waals surface area contributed by atoms with Crippen molar-refractivity contribution in [2.24, 2.45) is 4.99 Å². The van der Waals surface area contributed by atoms with Gasteiger partial charge in [-0.05, 0) is 26.7 Å². The molecule has 0 radical (unpaired) electrons. The van der Waals surface area contributed by atoms with E-state index in [0.29, 0.717) is 19.8 Å². The van der Waals surface area contributed by atoms with Gasteiger partial charge in [0.1, 0.15) is 0 Å². The van der Waals surface area contributed by atoms with E-state index in [9.17, 15) is 0 Å². The highest BCUT2D eigenvalue weighted by Crippen LogP contribution is 2.12. The summed E-state index contributed by atoms with van der Waals surface area (Å²) in [5.41, 5.74) is 1.08. The molecule has 23 heavy (non-hydrogen) atoms. The number of aromatic nitrogens is 1. The maximum absolute atomic E-state index is 5.66. The lowest BCUT2D eigenvalue weighted by molar-refractivity contribution is 0.0199. The lowest BCUT2D eigenvalue weighted by Crippen LogP contribution is -2.38. The quantitative estimate of drug-likeness (QED) is 0.446. The van der Waals surface area contributed by atoms with Crippen molar-refractivity contribution in [3.63, 3.8) is 0 Å². The molecule has 1 fully saturated rings. The third-order valence-electron chi connectivity index (χ3n) is 3.59. The van der Waals surface area contributed by atoms with Gasteiger partial charge in [-0.3, -0.25) is 4.99 Å². The van der Waals surface area contributed by atoms with Gasteiger partial charge in [0.15, 0.2) is 5.96 Å². The molecule has 1 N–H and O–H groups in total. The summed E-state index contributed by atoms with van der Waals surface area (Å²) in [5.74, 6) is 0.888. The van der Waals surface area contributed by atoms with E-state index >= 15 is 0 Å². The first kappa shape index (κ1) is 18.2. The highest BCUT2D eigenvalue weighted by molar-refractivity contribution is 7.09. The van der Waals surface area contributed by atoms with Gasteiger partial charge in [0, 0.05) is 25.6 Å². The van der Waals surface area contributed by atoms with Gasteiger partial charge in [0.2, 0.25) is 0 Å². The number of thiazole rings is 1. The second kappa shape index (κ2) is 9.85. The number of nitrogens with zero attached hydrogens (tertiary/aromatic N) is 3. The van der Waals surface area contributed by atoms with Crippen LogP contribution in [0.2, 0.25) is 0 Å². The fraction of sp³-hybridized carbons (Fsp3) is 0.750. The van der Waals surface area contributed by atoms with Crippen LogP contribution in [0.25, 0.3) is 0 Å². The minimum atomic E-state index is 0.280. The van der Waals surface area contributed by atoms with Gasteiger partial charge < -0.3 is 19.7 Å². The van der Waals surface area contributed by atoms with E-state index in [0.717, 1.165) is 49.2 Å². The Labute approximate surface area is 142 Å². The Bertz CT molecular complexity index is 486. The number of aryl methyl sites for hydroxylation is 1. The number of hydrogen-bond acceptors (Lipinski definition) is 5. The normalized spacial score (nSPS) is 18.4.